The summed E-state index contributed by atoms with van der Waals surface area (Å²) in [7, 11) is 0. The summed E-state index contributed by atoms with van der Waals surface area (Å²) in [4.78, 5) is 0. The summed E-state index contributed by atoms with van der Waals surface area (Å²) in [6.07, 6.45) is 0. The predicted octanol–water partition coefficient (Wildman–Crippen LogP) is -1.78. The Morgan fingerprint density at radius 2 is 1.83 bits per heavy atom. The normalized spacial score (nSPS) is 11.7. The van der Waals surface area contributed by atoms with E-state index in [1.807, 2.05) is 0 Å². The molecule has 0 aromatic rings. The third-order valence-corrected chi connectivity index (χ3v) is 3.74. The van der Waals surface area contributed by atoms with Gasteiger partial charge in [0.15, 0.2) is 0 Å². The van der Waals surface area contributed by atoms with E-state index in [1.165, 1.54) is 0 Å². The van der Waals surface area contributed by atoms with E-state index in [0.717, 1.165) is 0 Å². The fraction of sp³-hybridized carbons (Fsp3) is 0. The molecule has 38 valence electrons. The van der Waals surface area contributed by atoms with Crippen molar-refractivity contribution in [3.8, 4) is 0 Å². The van der Waals surface area contributed by atoms with E-state index in [1.54, 1.807) is 0 Å². The molecule has 0 radical (unpaired) electrons. The molecule has 0 aromatic carbocycles. The van der Waals surface area contributed by atoms with E-state index in [2.05, 4.69) is 2.38 Å². The molecule has 0 aliphatic carbocycles. The van der Waals surface area contributed by atoms with Crippen LogP contribution in [0.3, 0.4) is 0 Å². The van der Waals surface area contributed by atoms with Gasteiger partial charge in [-0.15, -0.1) is 0 Å². The number of rotatable bonds is 1. The van der Waals surface area contributed by atoms with E-state index in [4.69, 9.17) is 3.76 Å². The fourth-order valence-electron chi connectivity index (χ4n) is 0. The Hall–Kier alpha value is 0.767. The monoisotopic (exact) mass is 240 g/mol. The van der Waals surface area contributed by atoms with Crippen molar-refractivity contribution in [2.24, 2.45) is 0 Å². The predicted molar refractivity (Wildman–Crippen MR) is 13.2 cm³/mol. The van der Waals surface area contributed by atoms with Crippen molar-refractivity contribution in [2.45, 2.75) is 0 Å². The summed E-state index contributed by atoms with van der Waals surface area (Å²) in [5.41, 5.74) is 0. The van der Waals surface area contributed by atoms with Crippen molar-refractivity contribution in [1.82, 2.24) is 0 Å². The Balaban J connectivity index is 3.85. The van der Waals surface area contributed by atoms with Gasteiger partial charge in [0.25, 0.3) is 0 Å². The van der Waals surface area contributed by atoms with Crippen molar-refractivity contribution in [3.63, 3.8) is 0 Å². The van der Waals surface area contributed by atoms with E-state index in [0.29, 0.717) is 17.2 Å². The summed E-state index contributed by atoms with van der Waals surface area (Å²) in [6.45, 7) is 0. The van der Waals surface area contributed by atoms with E-state index < -0.39 is 16.7 Å². The molecule has 0 aliphatic heterocycles. The first kappa shape index (κ1) is 6.77. The molecule has 0 bridgehead atoms. The molecule has 6 heavy (non-hydrogen) atoms. The molecule has 0 amide bonds. The van der Waals surface area contributed by atoms with Gasteiger partial charge in [-0.1, -0.05) is 0 Å². The van der Waals surface area contributed by atoms with Gasteiger partial charge in [0.2, 0.25) is 0 Å². The Labute approximate surface area is 47.1 Å². The van der Waals surface area contributed by atoms with Crippen LogP contribution in [0.4, 0.5) is 0 Å². The second kappa shape index (κ2) is 2.17. The fourth-order valence-corrected chi connectivity index (χ4v) is 0. The molecule has 1 unspecified atom stereocenters. The standard InChI is InChI=1S/AsH2O.Mo.H2O.2O/c1-2;;;;/h1H2;;1H2;;/q-1;+2;;;/p-1. The van der Waals surface area contributed by atoms with E-state index in [9.17, 15) is 6.80 Å². The molecule has 0 spiro atoms. The molecule has 0 aliphatic rings. The Kier molecular flexibility index (Phi) is 2.45. The van der Waals surface area contributed by atoms with Crippen LogP contribution in [0.25, 0.3) is 0 Å². The van der Waals surface area contributed by atoms with Crippen molar-refractivity contribution in [3.05, 3.63) is 0 Å². The zero-order chi connectivity index (χ0) is 5.21. The average molecular weight is 238 g/mol. The summed E-state index contributed by atoms with van der Waals surface area (Å²) in [5, 5.41) is 0. The third kappa shape index (κ3) is 4.77. The summed E-state index contributed by atoms with van der Waals surface area (Å²) < 4.78 is 30.2. The average Bonchev–Trinajstić information content (AvgIpc) is 1.35. The SMILES string of the molecule is [O]=[Mo](=[O])([OH])[O][AsH2]. The molecular weight excluding hydrogens is 235 g/mol. The molecule has 6 heteroatoms. The van der Waals surface area contributed by atoms with Crippen molar-refractivity contribution < 1.29 is 29.7 Å². The van der Waals surface area contributed by atoms with Crippen LogP contribution in [0.5, 0.6) is 0 Å². The second-order valence-corrected chi connectivity index (χ2v) is 5.49. The topological polar surface area (TPSA) is 63.6 Å². The molecule has 0 saturated carbocycles. The van der Waals surface area contributed by atoms with Gasteiger partial charge in [0.05, 0.1) is 0 Å². The summed E-state index contributed by atoms with van der Waals surface area (Å²) in [6, 6.07) is 0. The minimum atomic E-state index is -5.03. The van der Waals surface area contributed by atoms with Crippen LogP contribution in [0, 0.1) is 0 Å². The molecule has 0 saturated heterocycles. The Morgan fingerprint density at radius 3 is 1.83 bits per heavy atom. The maximum absolute atomic E-state index is 9.46. The zero-order valence-corrected chi connectivity index (χ0v) is 7.09. The minimum absolute atomic E-state index is 0.531. The van der Waals surface area contributed by atoms with Crippen molar-refractivity contribution in [1.29, 1.82) is 0 Å². The zero-order valence-electron chi connectivity index (χ0n) is 2.66. The third-order valence-electron chi connectivity index (χ3n) is 0.122. The van der Waals surface area contributed by atoms with Gasteiger partial charge in [-0.3, -0.25) is 0 Å². The van der Waals surface area contributed by atoms with Gasteiger partial charge >= 0.3 is 46.9 Å². The first-order valence-electron chi connectivity index (χ1n) is 0.918. The second-order valence-electron chi connectivity index (χ2n) is 0.524. The molecule has 0 aromatic heterocycles. The Bertz CT molecular complexity index is 110. The maximum atomic E-state index is 9.46. The first-order chi connectivity index (χ1) is 2.56. The van der Waals surface area contributed by atoms with Gasteiger partial charge in [-0.05, 0) is 0 Å². The van der Waals surface area contributed by atoms with Crippen LogP contribution >= 0.6 is 0 Å². The summed E-state index contributed by atoms with van der Waals surface area (Å²) >= 11 is -4.50. The van der Waals surface area contributed by atoms with Crippen LogP contribution in [-0.2, 0) is 25.9 Å². The first-order valence-corrected chi connectivity index (χ1v) is 5.26. The molecular formula is H3AsMoO4. The molecule has 0 heterocycles. The van der Waals surface area contributed by atoms with Gasteiger partial charge < -0.3 is 0 Å². The van der Waals surface area contributed by atoms with Crippen LogP contribution in [-0.4, -0.2) is 21.0 Å². The van der Waals surface area contributed by atoms with E-state index in [-0.39, 0.29) is 0 Å². The van der Waals surface area contributed by atoms with Gasteiger partial charge in [-0.25, -0.2) is 0 Å². The van der Waals surface area contributed by atoms with Gasteiger partial charge in [0.1, 0.15) is 0 Å². The molecule has 0 fully saturated rings. The summed E-state index contributed by atoms with van der Waals surface area (Å²) in [5.74, 6) is 0. The van der Waals surface area contributed by atoms with Gasteiger partial charge in [0, 0.05) is 0 Å². The van der Waals surface area contributed by atoms with Gasteiger partial charge in [-0.2, -0.15) is 0 Å². The molecule has 1 atom stereocenters. The number of hydrogen-bond donors (Lipinski definition) is 1. The van der Waals surface area contributed by atoms with E-state index >= 15 is 0 Å². The molecule has 1 N–H and O–H groups in total. The molecule has 4 nitrogen and oxygen atoms in total. The van der Waals surface area contributed by atoms with Crippen LogP contribution < -0.4 is 0 Å². The van der Waals surface area contributed by atoms with Crippen molar-refractivity contribution >= 4 is 17.2 Å². The quantitative estimate of drug-likeness (QED) is 0.548. The number of hydrogen-bond acceptors (Lipinski definition) is 3. The van der Waals surface area contributed by atoms with Crippen LogP contribution in [0.1, 0.15) is 0 Å². The van der Waals surface area contributed by atoms with Crippen LogP contribution in [0.15, 0.2) is 0 Å². The Morgan fingerprint density at radius 1 is 1.67 bits per heavy atom. The molecule has 0 rings (SSSR count). The van der Waals surface area contributed by atoms with Crippen molar-refractivity contribution in [2.75, 3.05) is 0 Å². The van der Waals surface area contributed by atoms with Crippen LogP contribution in [0.2, 0.25) is 0 Å².